The number of aromatic nitrogens is 2. The highest BCUT2D eigenvalue weighted by molar-refractivity contribution is 5.86. The second-order valence-electron chi connectivity index (χ2n) is 9.32. The standard InChI is InChI=1S/C25H27FN4O5.2ClH/c26-19-3-1-15-2-4-23(32)30-18(14-35-25(19)24(15)30)12-29-11-16(20(31)13-29)8-27-9-17-7-21-22(10-28-17)34-6-5-33-21;;/h1-4,7,10,16,18,20,27,31H,5-6,8-9,11-14H2;2*1H/t16-,18+,20+;;/m0../s1. The Labute approximate surface area is 225 Å². The number of hydrogen-bond acceptors (Lipinski definition) is 8. The highest BCUT2D eigenvalue weighted by Gasteiger charge is 2.34. The first-order valence-corrected chi connectivity index (χ1v) is 11.9. The maximum Gasteiger partial charge on any atom is 0.251 e. The van der Waals surface area contributed by atoms with Crippen molar-refractivity contribution in [3.05, 3.63) is 58.4 Å². The van der Waals surface area contributed by atoms with Gasteiger partial charge in [-0.3, -0.25) is 19.2 Å². The van der Waals surface area contributed by atoms with E-state index in [9.17, 15) is 14.3 Å². The molecule has 1 fully saturated rings. The molecule has 0 bridgehead atoms. The Balaban J connectivity index is 0.00000160. The molecule has 12 heteroatoms. The van der Waals surface area contributed by atoms with Crippen molar-refractivity contribution >= 4 is 35.7 Å². The lowest BCUT2D eigenvalue weighted by atomic mass is 10.1. The van der Waals surface area contributed by atoms with Crippen molar-refractivity contribution in [2.75, 3.05) is 46.0 Å². The normalized spacial score (nSPS) is 22.2. The van der Waals surface area contributed by atoms with Gasteiger partial charge in [0.15, 0.2) is 23.1 Å². The number of aliphatic hydroxyl groups is 1. The summed E-state index contributed by atoms with van der Waals surface area (Å²) in [5.74, 6) is 1.07. The number of benzene rings is 1. The molecule has 1 saturated heterocycles. The molecule has 2 N–H and O–H groups in total. The molecule has 3 aliphatic heterocycles. The molecule has 37 heavy (non-hydrogen) atoms. The highest BCUT2D eigenvalue weighted by Crippen LogP contribution is 2.34. The van der Waals surface area contributed by atoms with Gasteiger partial charge < -0.3 is 24.6 Å². The topological polar surface area (TPSA) is 98.1 Å². The Morgan fingerprint density at radius 2 is 1.86 bits per heavy atom. The van der Waals surface area contributed by atoms with Crippen LogP contribution in [-0.2, 0) is 6.54 Å². The zero-order valence-corrected chi connectivity index (χ0v) is 21.6. The van der Waals surface area contributed by atoms with E-state index in [0.29, 0.717) is 63.0 Å². The van der Waals surface area contributed by atoms with Crippen molar-refractivity contribution in [2.45, 2.75) is 18.7 Å². The predicted molar refractivity (Wildman–Crippen MR) is 140 cm³/mol. The number of halogens is 3. The molecule has 6 rings (SSSR count). The first kappa shape index (κ1) is 27.4. The summed E-state index contributed by atoms with van der Waals surface area (Å²) in [7, 11) is 0. The van der Waals surface area contributed by atoms with Crippen molar-refractivity contribution in [1.82, 2.24) is 19.8 Å². The summed E-state index contributed by atoms with van der Waals surface area (Å²) in [5.41, 5.74) is 1.16. The van der Waals surface area contributed by atoms with E-state index in [0.717, 1.165) is 11.1 Å². The van der Waals surface area contributed by atoms with Gasteiger partial charge in [-0.05, 0) is 18.2 Å². The van der Waals surface area contributed by atoms with Crippen LogP contribution >= 0.6 is 24.8 Å². The number of hydrogen-bond donors (Lipinski definition) is 2. The quantitative estimate of drug-likeness (QED) is 0.478. The van der Waals surface area contributed by atoms with Gasteiger partial charge in [0.25, 0.3) is 5.56 Å². The lowest BCUT2D eigenvalue weighted by molar-refractivity contribution is 0.134. The predicted octanol–water partition coefficient (Wildman–Crippen LogP) is 2.17. The molecule has 0 spiro atoms. The van der Waals surface area contributed by atoms with Crippen LogP contribution in [0.4, 0.5) is 4.39 Å². The zero-order valence-electron chi connectivity index (χ0n) is 20.0. The minimum Gasteiger partial charge on any atom is -0.486 e. The van der Waals surface area contributed by atoms with Crippen LogP contribution < -0.4 is 25.1 Å². The summed E-state index contributed by atoms with van der Waals surface area (Å²) < 4.78 is 32.8. The summed E-state index contributed by atoms with van der Waals surface area (Å²) in [5, 5.41) is 14.8. The van der Waals surface area contributed by atoms with Gasteiger partial charge in [-0.25, -0.2) is 4.39 Å². The SMILES string of the molecule is Cl.Cl.O=c1ccc2ccc(F)c3c2n1[C@H](CN1C[C@H](CNCc2cc4c(cn2)OCCO4)[C@H](O)C1)CO3. The molecule has 0 radical (unpaired) electrons. The smallest absolute Gasteiger partial charge is 0.251 e. The largest absolute Gasteiger partial charge is 0.486 e. The summed E-state index contributed by atoms with van der Waals surface area (Å²) in [6.07, 6.45) is 1.19. The maximum atomic E-state index is 14.3. The van der Waals surface area contributed by atoms with Gasteiger partial charge in [0.05, 0.1) is 29.6 Å². The second-order valence-corrected chi connectivity index (χ2v) is 9.32. The number of nitrogens with zero attached hydrogens (tertiary/aromatic N) is 3. The van der Waals surface area contributed by atoms with E-state index < -0.39 is 11.9 Å². The van der Waals surface area contributed by atoms with Crippen LogP contribution in [0.1, 0.15) is 11.7 Å². The number of rotatable bonds is 6. The molecule has 2 aromatic heterocycles. The van der Waals surface area contributed by atoms with Crippen molar-refractivity contribution in [2.24, 2.45) is 5.92 Å². The number of β-amino-alcohol motifs (C(OH)–C–C–N with tert-alkyl or cyclic N) is 1. The fourth-order valence-corrected chi connectivity index (χ4v) is 5.25. The molecule has 3 aliphatic rings. The van der Waals surface area contributed by atoms with Gasteiger partial charge in [-0.2, -0.15) is 0 Å². The van der Waals surface area contributed by atoms with Gasteiger partial charge in [0.2, 0.25) is 0 Å². The van der Waals surface area contributed by atoms with Crippen LogP contribution in [0.3, 0.4) is 0 Å². The number of fused-ring (bicyclic) bond motifs is 1. The average Bonchev–Trinajstić information content (AvgIpc) is 3.21. The molecule has 0 amide bonds. The second kappa shape index (κ2) is 11.4. The molecule has 0 aliphatic carbocycles. The number of aliphatic hydroxyl groups excluding tert-OH is 1. The minimum absolute atomic E-state index is 0. The third kappa shape index (κ3) is 5.35. The van der Waals surface area contributed by atoms with Gasteiger partial charge in [-0.1, -0.05) is 0 Å². The van der Waals surface area contributed by atoms with E-state index >= 15 is 0 Å². The van der Waals surface area contributed by atoms with Crippen LogP contribution in [0.25, 0.3) is 10.9 Å². The molecular weight excluding hydrogens is 526 g/mol. The number of ether oxygens (including phenoxy) is 3. The molecule has 5 heterocycles. The van der Waals surface area contributed by atoms with E-state index in [1.165, 1.54) is 12.1 Å². The average molecular weight is 555 g/mol. The Bertz CT molecular complexity index is 1330. The van der Waals surface area contributed by atoms with Gasteiger partial charge in [0, 0.05) is 56.2 Å². The molecule has 3 aromatic rings. The summed E-state index contributed by atoms with van der Waals surface area (Å²) in [6.45, 7) is 4.16. The van der Waals surface area contributed by atoms with Crippen molar-refractivity contribution in [1.29, 1.82) is 0 Å². The molecule has 9 nitrogen and oxygen atoms in total. The summed E-state index contributed by atoms with van der Waals surface area (Å²) in [6, 6.07) is 7.85. The maximum absolute atomic E-state index is 14.3. The number of likely N-dealkylation sites (tertiary alicyclic amines) is 1. The molecule has 0 unspecified atom stereocenters. The van der Waals surface area contributed by atoms with Gasteiger partial charge >= 0.3 is 0 Å². The Kier molecular flexibility index (Phi) is 8.45. The van der Waals surface area contributed by atoms with Gasteiger partial charge in [-0.15, -0.1) is 24.8 Å². The third-order valence-corrected chi connectivity index (χ3v) is 6.93. The molecule has 3 atom stereocenters. The van der Waals surface area contributed by atoms with Crippen LogP contribution in [0.5, 0.6) is 17.2 Å². The summed E-state index contributed by atoms with van der Waals surface area (Å²) >= 11 is 0. The van der Waals surface area contributed by atoms with Crippen molar-refractivity contribution in [3.8, 4) is 17.2 Å². The molecule has 0 saturated carbocycles. The minimum atomic E-state index is -0.488. The van der Waals surface area contributed by atoms with E-state index in [1.807, 2.05) is 6.07 Å². The Morgan fingerprint density at radius 1 is 1.08 bits per heavy atom. The molecule has 200 valence electrons. The van der Waals surface area contributed by atoms with E-state index in [1.54, 1.807) is 22.9 Å². The number of nitrogens with one attached hydrogen (secondary N) is 1. The first-order chi connectivity index (χ1) is 17.1. The van der Waals surface area contributed by atoms with Crippen LogP contribution in [0.15, 0.2) is 41.3 Å². The lowest BCUT2D eigenvalue weighted by Gasteiger charge is -2.31. The Morgan fingerprint density at radius 3 is 2.70 bits per heavy atom. The molecule has 1 aromatic carbocycles. The van der Waals surface area contributed by atoms with Crippen LogP contribution in [-0.4, -0.2) is 71.7 Å². The van der Waals surface area contributed by atoms with E-state index in [-0.39, 0.29) is 54.7 Å². The summed E-state index contributed by atoms with van der Waals surface area (Å²) in [4.78, 5) is 19.3. The third-order valence-electron chi connectivity index (χ3n) is 6.93. The first-order valence-electron chi connectivity index (χ1n) is 11.9. The lowest BCUT2D eigenvalue weighted by Crippen LogP contribution is -2.39. The van der Waals surface area contributed by atoms with Crippen molar-refractivity contribution in [3.63, 3.8) is 0 Å². The fourth-order valence-electron chi connectivity index (χ4n) is 5.25. The van der Waals surface area contributed by atoms with E-state index in [4.69, 9.17) is 14.2 Å². The van der Waals surface area contributed by atoms with Crippen LogP contribution in [0.2, 0.25) is 0 Å². The zero-order chi connectivity index (χ0) is 23.9. The Hall–Kier alpha value is -2.63. The monoisotopic (exact) mass is 554 g/mol. The van der Waals surface area contributed by atoms with Gasteiger partial charge in [0.1, 0.15) is 19.8 Å². The fraction of sp³-hybridized carbons (Fsp3) is 0.440. The number of pyridine rings is 2. The van der Waals surface area contributed by atoms with Crippen LogP contribution in [0, 0.1) is 11.7 Å². The van der Waals surface area contributed by atoms with E-state index in [2.05, 4.69) is 15.2 Å². The van der Waals surface area contributed by atoms with Crippen molar-refractivity contribution < 1.29 is 23.7 Å². The molecular formula is C25H29Cl2FN4O5. The highest BCUT2D eigenvalue weighted by atomic mass is 35.5.